The number of carboxylic acid groups (broad SMARTS) is 2. The van der Waals surface area contributed by atoms with Gasteiger partial charge in [-0.2, -0.15) is 0 Å². The highest BCUT2D eigenvalue weighted by atomic mass is 16.5. The van der Waals surface area contributed by atoms with Gasteiger partial charge in [0.25, 0.3) is 0 Å². The van der Waals surface area contributed by atoms with Crippen LogP contribution in [0, 0.1) is 0 Å². The Balaban J connectivity index is 0.000000567. The van der Waals surface area contributed by atoms with Crippen molar-refractivity contribution >= 4 is 17.9 Å². The second-order valence-electron chi connectivity index (χ2n) is 3.97. The van der Waals surface area contributed by atoms with E-state index in [2.05, 4.69) is 0 Å². The normalized spacial score (nSPS) is 12.3. The highest BCUT2D eigenvalue weighted by molar-refractivity contribution is 6.27. The molecule has 0 bridgehead atoms. The quantitative estimate of drug-likeness (QED) is 0.433. The van der Waals surface area contributed by atoms with Crippen LogP contribution in [0.1, 0.15) is 12.5 Å². The van der Waals surface area contributed by atoms with Crippen molar-refractivity contribution in [2.75, 3.05) is 0 Å². The zero-order valence-electron chi connectivity index (χ0n) is 11.3. The van der Waals surface area contributed by atoms with Crippen molar-refractivity contribution < 1.29 is 34.4 Å². The average Bonchev–Trinajstić information content (AvgIpc) is 2.45. The number of ether oxygens (including phenoxy) is 1. The van der Waals surface area contributed by atoms with Crippen LogP contribution < -0.4 is 5.73 Å². The summed E-state index contributed by atoms with van der Waals surface area (Å²) < 4.78 is 4.93. The van der Waals surface area contributed by atoms with Gasteiger partial charge in [-0.25, -0.2) is 9.59 Å². The second kappa shape index (κ2) is 9.45. The molecule has 0 aliphatic heterocycles. The van der Waals surface area contributed by atoms with Crippen molar-refractivity contribution in [1.82, 2.24) is 0 Å². The van der Waals surface area contributed by atoms with E-state index < -0.39 is 30.1 Å². The highest BCUT2D eigenvalue weighted by Gasteiger charge is 2.19. The van der Waals surface area contributed by atoms with E-state index >= 15 is 0 Å². The van der Waals surface area contributed by atoms with Crippen molar-refractivity contribution in [2.24, 2.45) is 5.73 Å². The van der Waals surface area contributed by atoms with Crippen LogP contribution in [0.25, 0.3) is 0 Å². The summed E-state index contributed by atoms with van der Waals surface area (Å²) in [4.78, 5) is 29.4. The Morgan fingerprint density at radius 3 is 2.00 bits per heavy atom. The van der Waals surface area contributed by atoms with Crippen LogP contribution in [0.3, 0.4) is 0 Å². The topological polar surface area (TPSA) is 147 Å². The Morgan fingerprint density at radius 2 is 1.62 bits per heavy atom. The first-order valence-electron chi connectivity index (χ1n) is 5.86. The molecule has 0 saturated heterocycles. The molecule has 1 rings (SSSR count). The van der Waals surface area contributed by atoms with Crippen LogP contribution >= 0.6 is 0 Å². The summed E-state index contributed by atoms with van der Waals surface area (Å²) in [6.07, 6.45) is -0.895. The minimum atomic E-state index is -1.82. The fourth-order valence-corrected chi connectivity index (χ4v) is 1.02. The van der Waals surface area contributed by atoms with Gasteiger partial charge in [0.1, 0.15) is 12.6 Å². The molecular weight excluding hydrogens is 282 g/mol. The summed E-state index contributed by atoms with van der Waals surface area (Å²) in [5.74, 6) is -4.24. The molecular formula is C13H17NO7. The molecule has 0 spiro atoms. The molecule has 1 aromatic carbocycles. The number of nitrogens with two attached hydrogens (primary N) is 1. The molecule has 0 aromatic heterocycles. The second-order valence-corrected chi connectivity index (χ2v) is 3.97. The first kappa shape index (κ1) is 18.6. The molecule has 21 heavy (non-hydrogen) atoms. The van der Waals surface area contributed by atoms with Crippen LogP contribution in [0.5, 0.6) is 0 Å². The fraction of sp³-hybridized carbons (Fsp3) is 0.308. The Morgan fingerprint density at radius 1 is 1.14 bits per heavy atom. The average molecular weight is 299 g/mol. The van der Waals surface area contributed by atoms with E-state index in [9.17, 15) is 4.79 Å². The lowest BCUT2D eigenvalue weighted by Crippen LogP contribution is -2.41. The fourth-order valence-electron chi connectivity index (χ4n) is 1.02. The van der Waals surface area contributed by atoms with Gasteiger partial charge in [-0.3, -0.25) is 4.79 Å². The SMILES string of the molecule is C[C@H](O)[C@@H](N)C(=O)OCc1ccccc1.O=C(O)C(=O)O. The number of carbonyl (C=O) groups is 3. The summed E-state index contributed by atoms with van der Waals surface area (Å²) in [5, 5.41) is 23.8. The van der Waals surface area contributed by atoms with Gasteiger partial charge in [0.2, 0.25) is 0 Å². The van der Waals surface area contributed by atoms with Crippen LogP contribution in [-0.4, -0.2) is 45.4 Å². The van der Waals surface area contributed by atoms with Gasteiger partial charge in [0, 0.05) is 0 Å². The van der Waals surface area contributed by atoms with E-state index in [1.54, 1.807) is 0 Å². The van der Waals surface area contributed by atoms with E-state index in [0.29, 0.717) is 0 Å². The predicted octanol–water partition coefficient (Wildman–Crippen LogP) is -0.407. The third-order valence-electron chi connectivity index (χ3n) is 2.20. The molecule has 0 saturated carbocycles. The van der Waals surface area contributed by atoms with Crippen molar-refractivity contribution in [1.29, 1.82) is 0 Å². The number of aliphatic hydroxyl groups excluding tert-OH is 1. The summed E-state index contributed by atoms with van der Waals surface area (Å²) >= 11 is 0. The number of aliphatic carboxylic acids is 2. The Hall–Kier alpha value is -2.45. The molecule has 0 aliphatic carbocycles. The van der Waals surface area contributed by atoms with Gasteiger partial charge in [-0.1, -0.05) is 30.3 Å². The molecule has 0 amide bonds. The maximum Gasteiger partial charge on any atom is 0.414 e. The molecule has 116 valence electrons. The van der Waals surface area contributed by atoms with E-state index in [-0.39, 0.29) is 6.61 Å². The number of benzene rings is 1. The van der Waals surface area contributed by atoms with Gasteiger partial charge in [0.05, 0.1) is 6.10 Å². The number of carboxylic acids is 2. The number of hydrogen-bond acceptors (Lipinski definition) is 6. The number of esters is 1. The van der Waals surface area contributed by atoms with E-state index in [1.807, 2.05) is 30.3 Å². The van der Waals surface area contributed by atoms with Gasteiger partial charge < -0.3 is 25.8 Å². The molecule has 0 aliphatic rings. The van der Waals surface area contributed by atoms with Crippen molar-refractivity contribution in [3.63, 3.8) is 0 Å². The van der Waals surface area contributed by atoms with Gasteiger partial charge >= 0.3 is 17.9 Å². The van der Waals surface area contributed by atoms with Crippen LogP contribution in [0.15, 0.2) is 30.3 Å². The largest absolute Gasteiger partial charge is 0.473 e. The molecule has 0 heterocycles. The number of aliphatic hydroxyl groups is 1. The minimum absolute atomic E-state index is 0.181. The van der Waals surface area contributed by atoms with Gasteiger partial charge in [-0.05, 0) is 12.5 Å². The van der Waals surface area contributed by atoms with E-state index in [4.69, 9.17) is 35.4 Å². The zero-order valence-corrected chi connectivity index (χ0v) is 11.3. The number of hydrogen-bond donors (Lipinski definition) is 4. The predicted molar refractivity (Wildman–Crippen MR) is 71.2 cm³/mol. The third kappa shape index (κ3) is 8.35. The highest BCUT2D eigenvalue weighted by Crippen LogP contribution is 2.02. The lowest BCUT2D eigenvalue weighted by Gasteiger charge is -2.13. The minimum Gasteiger partial charge on any atom is -0.473 e. The molecule has 1 aromatic rings. The Kier molecular flexibility index (Phi) is 8.35. The molecule has 5 N–H and O–H groups in total. The summed E-state index contributed by atoms with van der Waals surface area (Å²) in [5.41, 5.74) is 6.29. The lowest BCUT2D eigenvalue weighted by atomic mass is 10.2. The zero-order chi connectivity index (χ0) is 16.4. The van der Waals surface area contributed by atoms with Crippen LogP contribution in [0.4, 0.5) is 0 Å². The van der Waals surface area contributed by atoms with Crippen molar-refractivity contribution in [3.8, 4) is 0 Å². The lowest BCUT2D eigenvalue weighted by molar-refractivity contribution is -0.159. The third-order valence-corrected chi connectivity index (χ3v) is 2.20. The summed E-state index contributed by atoms with van der Waals surface area (Å²) in [7, 11) is 0. The molecule has 2 atom stereocenters. The van der Waals surface area contributed by atoms with E-state index in [0.717, 1.165) is 5.56 Å². The number of carbonyl (C=O) groups excluding carboxylic acids is 1. The van der Waals surface area contributed by atoms with Crippen LogP contribution in [-0.2, 0) is 25.7 Å². The molecule has 0 unspecified atom stereocenters. The smallest absolute Gasteiger partial charge is 0.414 e. The maximum atomic E-state index is 11.3. The first-order chi connectivity index (χ1) is 9.75. The summed E-state index contributed by atoms with van der Waals surface area (Å²) in [6, 6.07) is 8.32. The Bertz CT molecular complexity index is 461. The van der Waals surface area contributed by atoms with Crippen molar-refractivity contribution in [3.05, 3.63) is 35.9 Å². The molecule has 8 nitrogen and oxygen atoms in total. The van der Waals surface area contributed by atoms with Crippen LogP contribution in [0.2, 0.25) is 0 Å². The standard InChI is InChI=1S/C11H15NO3.C2H2O4/c1-8(13)10(12)11(14)15-7-9-5-3-2-4-6-9;3-1(4)2(5)6/h2-6,8,10,13H,7,12H2,1H3;(H,3,4)(H,5,6)/t8-,10+;/m0./s1. The van der Waals surface area contributed by atoms with Crippen molar-refractivity contribution in [2.45, 2.75) is 25.7 Å². The van der Waals surface area contributed by atoms with Gasteiger partial charge in [0.15, 0.2) is 0 Å². The summed E-state index contributed by atoms with van der Waals surface area (Å²) in [6.45, 7) is 1.63. The molecule has 8 heteroatoms. The van der Waals surface area contributed by atoms with Gasteiger partial charge in [-0.15, -0.1) is 0 Å². The first-order valence-corrected chi connectivity index (χ1v) is 5.86. The molecule has 0 fully saturated rings. The van der Waals surface area contributed by atoms with E-state index in [1.165, 1.54) is 6.92 Å². The Labute approximate surface area is 120 Å². The molecule has 0 radical (unpaired) electrons. The number of rotatable bonds is 4. The monoisotopic (exact) mass is 299 g/mol. The maximum absolute atomic E-state index is 11.3.